The van der Waals surface area contributed by atoms with Crippen LogP contribution in [0.25, 0.3) is 0 Å². The second kappa shape index (κ2) is 6.71. The van der Waals surface area contributed by atoms with E-state index in [4.69, 9.17) is 5.73 Å². The number of hydrogen-bond donors (Lipinski definition) is 3. The van der Waals surface area contributed by atoms with E-state index in [1.807, 2.05) is 0 Å². The molecule has 16 heavy (non-hydrogen) atoms. The van der Waals surface area contributed by atoms with Crippen molar-refractivity contribution in [3.8, 4) is 0 Å². The van der Waals surface area contributed by atoms with E-state index in [0.717, 1.165) is 0 Å². The van der Waals surface area contributed by atoms with Gasteiger partial charge in [0.25, 0.3) is 5.91 Å². The van der Waals surface area contributed by atoms with Crippen LogP contribution in [0.3, 0.4) is 0 Å². The van der Waals surface area contributed by atoms with Crippen molar-refractivity contribution in [3.63, 3.8) is 0 Å². The van der Waals surface area contributed by atoms with E-state index >= 15 is 0 Å². The first-order valence-electron chi connectivity index (χ1n) is 4.96. The highest BCUT2D eigenvalue weighted by Crippen LogP contribution is 2.09. The van der Waals surface area contributed by atoms with Crippen LogP contribution < -0.4 is 11.1 Å². The van der Waals surface area contributed by atoms with Crippen molar-refractivity contribution < 1.29 is 9.90 Å². The number of nitrogens with zero attached hydrogens (tertiary/aromatic N) is 1. The third-order valence-electron chi connectivity index (χ3n) is 1.95. The number of pyridine rings is 1. The molecule has 0 aromatic carbocycles. The van der Waals surface area contributed by atoms with E-state index in [0.29, 0.717) is 18.7 Å². The summed E-state index contributed by atoms with van der Waals surface area (Å²) in [7, 11) is 0. The molecule has 0 radical (unpaired) electrons. The van der Waals surface area contributed by atoms with Gasteiger partial charge in [0.1, 0.15) is 0 Å². The van der Waals surface area contributed by atoms with Crippen LogP contribution in [0.15, 0.2) is 36.7 Å². The molecule has 1 heterocycles. The van der Waals surface area contributed by atoms with Gasteiger partial charge in [0.05, 0.1) is 0 Å². The molecular formula is C11H15N3O2. The van der Waals surface area contributed by atoms with E-state index in [1.54, 1.807) is 30.5 Å². The molecular weight excluding hydrogens is 206 g/mol. The maximum atomic E-state index is 11.5. The Morgan fingerprint density at radius 2 is 2.44 bits per heavy atom. The summed E-state index contributed by atoms with van der Waals surface area (Å²) in [5.74, 6) is -0.449. The normalized spacial score (nSPS) is 12.6. The smallest absolute Gasteiger partial charge is 0.253 e. The highest BCUT2D eigenvalue weighted by Gasteiger charge is 2.15. The molecule has 0 aliphatic carbocycles. The molecule has 0 saturated heterocycles. The second-order valence-corrected chi connectivity index (χ2v) is 3.14. The third kappa shape index (κ3) is 3.80. The molecule has 4 N–H and O–H groups in total. The summed E-state index contributed by atoms with van der Waals surface area (Å²) in [6.45, 7) is 0.786. The Kier molecular flexibility index (Phi) is 5.18. The lowest BCUT2D eigenvalue weighted by molar-refractivity contribution is -0.129. The van der Waals surface area contributed by atoms with E-state index < -0.39 is 12.0 Å². The molecule has 0 aliphatic heterocycles. The number of aromatic nitrogens is 1. The van der Waals surface area contributed by atoms with Crippen molar-refractivity contribution in [2.75, 3.05) is 13.1 Å². The van der Waals surface area contributed by atoms with Crippen LogP contribution in [0.4, 0.5) is 0 Å². The maximum Gasteiger partial charge on any atom is 0.253 e. The van der Waals surface area contributed by atoms with Crippen molar-refractivity contribution in [2.24, 2.45) is 5.73 Å². The second-order valence-electron chi connectivity index (χ2n) is 3.14. The van der Waals surface area contributed by atoms with Gasteiger partial charge in [-0.1, -0.05) is 18.2 Å². The lowest BCUT2D eigenvalue weighted by Crippen LogP contribution is -2.29. The zero-order valence-corrected chi connectivity index (χ0v) is 8.84. The molecule has 0 spiro atoms. The Bertz CT molecular complexity index is 352. The van der Waals surface area contributed by atoms with Gasteiger partial charge in [-0.3, -0.25) is 9.78 Å². The number of hydrogen-bond acceptors (Lipinski definition) is 4. The summed E-state index contributed by atoms with van der Waals surface area (Å²) in [6.07, 6.45) is 5.32. The monoisotopic (exact) mass is 221 g/mol. The number of aliphatic hydroxyl groups is 1. The van der Waals surface area contributed by atoms with Crippen LogP contribution in [-0.2, 0) is 4.79 Å². The molecule has 0 bridgehead atoms. The molecule has 5 heteroatoms. The number of carbonyl (C=O) groups is 1. The number of nitrogens with one attached hydrogen (secondary N) is 1. The van der Waals surface area contributed by atoms with Crippen LogP contribution >= 0.6 is 0 Å². The summed E-state index contributed by atoms with van der Waals surface area (Å²) in [5, 5.41) is 12.2. The van der Waals surface area contributed by atoms with E-state index in [-0.39, 0.29) is 0 Å². The molecule has 1 aromatic heterocycles. The minimum atomic E-state index is -1.18. The largest absolute Gasteiger partial charge is 0.378 e. The Morgan fingerprint density at radius 3 is 3.06 bits per heavy atom. The average Bonchev–Trinajstić information content (AvgIpc) is 2.34. The van der Waals surface area contributed by atoms with Gasteiger partial charge in [-0.25, -0.2) is 0 Å². The standard InChI is InChI=1S/C11H15N3O2/c12-5-1-2-7-14-11(16)10(15)9-4-3-6-13-8-9/h1-4,6,8,10,15H,5,7,12H2,(H,14,16). The number of amides is 1. The predicted molar refractivity (Wildman–Crippen MR) is 60.4 cm³/mol. The predicted octanol–water partition coefficient (Wildman–Crippen LogP) is -0.254. The first-order valence-corrected chi connectivity index (χ1v) is 4.96. The van der Waals surface area contributed by atoms with Gasteiger partial charge >= 0.3 is 0 Å². The number of carbonyl (C=O) groups excluding carboxylic acids is 1. The quantitative estimate of drug-likeness (QED) is 0.598. The zero-order chi connectivity index (χ0) is 11.8. The van der Waals surface area contributed by atoms with Gasteiger partial charge in [0, 0.05) is 31.0 Å². The lowest BCUT2D eigenvalue weighted by Gasteiger charge is -2.09. The Morgan fingerprint density at radius 1 is 1.62 bits per heavy atom. The zero-order valence-electron chi connectivity index (χ0n) is 8.84. The minimum Gasteiger partial charge on any atom is -0.378 e. The van der Waals surface area contributed by atoms with Crippen LogP contribution in [0, 0.1) is 0 Å². The van der Waals surface area contributed by atoms with Crippen LogP contribution in [0.2, 0.25) is 0 Å². The molecule has 1 atom stereocenters. The van der Waals surface area contributed by atoms with Crippen LogP contribution in [0.5, 0.6) is 0 Å². The van der Waals surface area contributed by atoms with Gasteiger partial charge in [0.2, 0.25) is 0 Å². The summed E-state index contributed by atoms with van der Waals surface area (Å²) in [5.41, 5.74) is 5.71. The first kappa shape index (κ1) is 12.4. The molecule has 1 unspecified atom stereocenters. The van der Waals surface area contributed by atoms with Gasteiger partial charge < -0.3 is 16.2 Å². The Labute approximate surface area is 94.0 Å². The SMILES string of the molecule is NCC=CCNC(=O)C(O)c1cccnc1. The summed E-state index contributed by atoms with van der Waals surface area (Å²) < 4.78 is 0. The molecule has 1 aromatic rings. The molecule has 0 fully saturated rings. The molecule has 1 amide bonds. The van der Waals surface area contributed by atoms with Crippen molar-refractivity contribution in [3.05, 3.63) is 42.2 Å². The van der Waals surface area contributed by atoms with Crippen molar-refractivity contribution >= 4 is 5.91 Å². The molecule has 5 nitrogen and oxygen atoms in total. The fraction of sp³-hybridized carbons (Fsp3) is 0.273. The van der Waals surface area contributed by atoms with E-state index in [2.05, 4.69) is 10.3 Å². The highest BCUT2D eigenvalue weighted by molar-refractivity contribution is 5.81. The average molecular weight is 221 g/mol. The molecule has 0 saturated carbocycles. The van der Waals surface area contributed by atoms with Gasteiger partial charge in [-0.15, -0.1) is 0 Å². The molecule has 86 valence electrons. The summed E-state index contributed by atoms with van der Waals surface area (Å²) in [4.78, 5) is 15.3. The number of nitrogens with two attached hydrogens (primary N) is 1. The fourth-order valence-electron chi connectivity index (χ4n) is 1.12. The number of rotatable bonds is 5. The van der Waals surface area contributed by atoms with Crippen molar-refractivity contribution in [1.29, 1.82) is 0 Å². The number of aliphatic hydroxyl groups excluding tert-OH is 1. The van der Waals surface area contributed by atoms with Gasteiger partial charge in [-0.2, -0.15) is 0 Å². The Balaban J connectivity index is 2.45. The van der Waals surface area contributed by atoms with E-state index in [9.17, 15) is 9.90 Å². The van der Waals surface area contributed by atoms with Crippen molar-refractivity contribution in [2.45, 2.75) is 6.10 Å². The molecule has 0 aliphatic rings. The lowest BCUT2D eigenvalue weighted by atomic mass is 10.1. The van der Waals surface area contributed by atoms with Crippen LogP contribution in [-0.4, -0.2) is 29.1 Å². The summed E-state index contributed by atoms with van der Waals surface area (Å²) >= 11 is 0. The maximum absolute atomic E-state index is 11.5. The highest BCUT2D eigenvalue weighted by atomic mass is 16.3. The van der Waals surface area contributed by atoms with Crippen molar-refractivity contribution in [1.82, 2.24) is 10.3 Å². The third-order valence-corrected chi connectivity index (χ3v) is 1.95. The minimum absolute atomic E-state index is 0.355. The molecule has 1 rings (SSSR count). The van der Waals surface area contributed by atoms with Gasteiger partial charge in [-0.05, 0) is 6.07 Å². The van der Waals surface area contributed by atoms with Gasteiger partial charge in [0.15, 0.2) is 6.10 Å². The summed E-state index contributed by atoms with van der Waals surface area (Å²) in [6, 6.07) is 3.31. The van der Waals surface area contributed by atoms with Crippen LogP contribution in [0.1, 0.15) is 11.7 Å². The van der Waals surface area contributed by atoms with E-state index in [1.165, 1.54) is 6.20 Å². The fourth-order valence-corrected chi connectivity index (χ4v) is 1.12. The Hall–Kier alpha value is -1.72. The topological polar surface area (TPSA) is 88.2 Å². The first-order chi connectivity index (χ1) is 7.75.